The summed E-state index contributed by atoms with van der Waals surface area (Å²) in [5.74, 6) is -1.05. The number of hydrogen-bond donors (Lipinski definition) is 3. The van der Waals surface area contributed by atoms with Crippen LogP contribution in [0.2, 0.25) is 15.1 Å². The maximum atomic E-state index is 13.5. The zero-order valence-corrected chi connectivity index (χ0v) is 27.2. The maximum Gasteiger partial charge on any atom is 0.267 e. The topological polar surface area (TPSA) is 141 Å². The number of ether oxygens (including phenoxy) is 1. The minimum Gasteiger partial charge on any atom is -0.489 e. The number of amides is 2. The molecule has 1 aromatic carbocycles. The van der Waals surface area contributed by atoms with Crippen molar-refractivity contribution in [2.24, 2.45) is 0 Å². The van der Waals surface area contributed by atoms with Crippen molar-refractivity contribution in [3.8, 4) is 5.75 Å². The quantitative estimate of drug-likeness (QED) is 0.246. The molecule has 1 fully saturated rings. The Morgan fingerprint density at radius 2 is 1.86 bits per heavy atom. The molecular formula is C27H30Cl3N5O6S2. The normalized spacial score (nSPS) is 14.6. The summed E-state index contributed by atoms with van der Waals surface area (Å²) in [6.07, 6.45) is 3.73. The number of likely N-dealkylation sites (tertiary alicyclic amines) is 1. The van der Waals surface area contributed by atoms with Crippen LogP contribution >= 0.6 is 46.1 Å². The van der Waals surface area contributed by atoms with Crippen molar-refractivity contribution >= 4 is 79.5 Å². The van der Waals surface area contributed by atoms with Gasteiger partial charge in [-0.2, -0.15) is 0 Å². The Morgan fingerprint density at radius 1 is 1.14 bits per heavy atom. The summed E-state index contributed by atoms with van der Waals surface area (Å²) in [6, 6.07) is 5.85. The molecule has 0 spiro atoms. The molecule has 1 unspecified atom stereocenters. The smallest absolute Gasteiger partial charge is 0.267 e. The molecule has 16 heteroatoms. The Labute approximate surface area is 268 Å². The summed E-state index contributed by atoms with van der Waals surface area (Å²) in [5, 5.41) is 18.2. The number of aromatic nitrogens is 1. The molecule has 232 valence electrons. The number of thiophene rings is 1. The summed E-state index contributed by atoms with van der Waals surface area (Å²) < 4.78 is 30.7. The number of nitrogens with zero attached hydrogens (tertiary/aromatic N) is 3. The molecule has 0 aliphatic carbocycles. The average molecular weight is 691 g/mol. The Bertz CT molecular complexity index is 1580. The van der Waals surface area contributed by atoms with Crippen molar-refractivity contribution in [3.05, 3.63) is 66.9 Å². The Balaban J connectivity index is 1.63. The number of carbonyl (C=O) groups is 2. The van der Waals surface area contributed by atoms with E-state index in [9.17, 15) is 23.1 Å². The molecule has 2 amide bonds. The Kier molecular flexibility index (Phi) is 11.3. The number of aliphatic hydroxyl groups is 1. The first-order valence-corrected chi connectivity index (χ1v) is 17.0. The second-order valence-electron chi connectivity index (χ2n) is 9.99. The van der Waals surface area contributed by atoms with Crippen molar-refractivity contribution in [1.82, 2.24) is 14.2 Å². The molecule has 1 atom stereocenters. The first-order chi connectivity index (χ1) is 20.3. The molecule has 3 heterocycles. The van der Waals surface area contributed by atoms with Gasteiger partial charge in [-0.15, -0.1) is 11.3 Å². The van der Waals surface area contributed by atoms with Gasteiger partial charge in [-0.25, -0.2) is 17.7 Å². The molecule has 3 aromatic rings. The van der Waals surface area contributed by atoms with Crippen molar-refractivity contribution in [2.45, 2.75) is 25.5 Å². The van der Waals surface area contributed by atoms with Gasteiger partial charge in [-0.1, -0.05) is 34.8 Å². The predicted octanol–water partition coefficient (Wildman–Crippen LogP) is 4.83. The molecule has 43 heavy (non-hydrogen) atoms. The molecule has 0 saturated carbocycles. The number of hydrogen-bond acceptors (Lipinski definition) is 9. The number of aliphatic hydroxyl groups excluding tert-OH is 1. The van der Waals surface area contributed by atoms with E-state index in [2.05, 4.69) is 20.5 Å². The lowest BCUT2D eigenvalue weighted by atomic mass is 10.1. The van der Waals surface area contributed by atoms with E-state index in [4.69, 9.17) is 39.5 Å². The van der Waals surface area contributed by atoms with Gasteiger partial charge in [0, 0.05) is 37.4 Å². The maximum absolute atomic E-state index is 13.5. The van der Waals surface area contributed by atoms with E-state index in [-0.39, 0.29) is 50.9 Å². The first kappa shape index (κ1) is 33.4. The second kappa shape index (κ2) is 14.5. The summed E-state index contributed by atoms with van der Waals surface area (Å²) >= 11 is 19.8. The van der Waals surface area contributed by atoms with Gasteiger partial charge in [-0.3, -0.25) is 9.59 Å². The number of rotatable bonds is 12. The largest absolute Gasteiger partial charge is 0.489 e. The fourth-order valence-corrected chi connectivity index (χ4v) is 6.24. The standard InChI is InChI=1S/C27H30Cl3N5O6S2/c1-34(43(2,39)40)12-16-15-42-25(23(16)30)27(38)33-24-20(26(37)32-22-6-5-17(28)11-31-22)9-18(29)10-21(24)41-14-19(36)13-35-7-3-4-8-35/h5-6,9-11,15,19,36H,3-4,7-8,12-14H2,1-2H3,(H,33,38)(H,31,32,37). The zero-order chi connectivity index (χ0) is 31.3. The average Bonchev–Trinajstić information content (AvgIpc) is 3.58. The van der Waals surface area contributed by atoms with Gasteiger partial charge in [-0.05, 0) is 55.1 Å². The van der Waals surface area contributed by atoms with Crippen LogP contribution in [0.15, 0.2) is 35.8 Å². The highest BCUT2D eigenvalue weighted by molar-refractivity contribution is 7.88. The molecule has 3 N–H and O–H groups in total. The number of benzene rings is 1. The lowest BCUT2D eigenvalue weighted by Gasteiger charge is -2.21. The summed E-state index contributed by atoms with van der Waals surface area (Å²) in [7, 11) is -2.08. The minimum atomic E-state index is -3.48. The zero-order valence-electron chi connectivity index (χ0n) is 23.3. The van der Waals surface area contributed by atoms with Gasteiger partial charge in [0.2, 0.25) is 10.0 Å². The molecule has 4 rings (SSSR count). The Hall–Kier alpha value is -2.49. The highest BCUT2D eigenvalue weighted by Gasteiger charge is 2.25. The van der Waals surface area contributed by atoms with Crippen LogP contribution in [0, 0.1) is 0 Å². The van der Waals surface area contributed by atoms with Gasteiger partial charge in [0.25, 0.3) is 11.8 Å². The van der Waals surface area contributed by atoms with Gasteiger partial charge in [0.05, 0.1) is 27.6 Å². The van der Waals surface area contributed by atoms with E-state index in [1.54, 1.807) is 11.4 Å². The summed E-state index contributed by atoms with van der Waals surface area (Å²) in [4.78, 5) is 33.2. The molecule has 11 nitrogen and oxygen atoms in total. The van der Waals surface area contributed by atoms with Crippen molar-refractivity contribution in [1.29, 1.82) is 0 Å². The summed E-state index contributed by atoms with van der Waals surface area (Å²) in [5.41, 5.74) is 0.397. The van der Waals surface area contributed by atoms with Gasteiger partial charge in [0.15, 0.2) is 0 Å². The van der Waals surface area contributed by atoms with Crippen LogP contribution < -0.4 is 15.4 Å². The lowest BCUT2D eigenvalue weighted by Crippen LogP contribution is -2.33. The minimum absolute atomic E-state index is 0.00601. The van der Waals surface area contributed by atoms with E-state index in [0.29, 0.717) is 17.1 Å². The number of sulfonamides is 1. The van der Waals surface area contributed by atoms with Gasteiger partial charge >= 0.3 is 0 Å². The van der Waals surface area contributed by atoms with Gasteiger partial charge < -0.3 is 25.4 Å². The van der Waals surface area contributed by atoms with Crippen LogP contribution in [0.3, 0.4) is 0 Å². The highest BCUT2D eigenvalue weighted by Crippen LogP contribution is 2.36. The number of β-amino-alcohol motifs (C(OH)–C–C–N with tert-alkyl or cyclic N) is 1. The van der Waals surface area contributed by atoms with E-state index in [1.165, 1.54) is 31.4 Å². The third-order valence-electron chi connectivity index (χ3n) is 6.58. The number of halogens is 3. The lowest BCUT2D eigenvalue weighted by molar-refractivity contribution is 0.0760. The number of carbonyl (C=O) groups excluding carboxylic acids is 2. The molecule has 2 aromatic heterocycles. The van der Waals surface area contributed by atoms with Gasteiger partial charge in [0.1, 0.15) is 29.2 Å². The molecule has 0 bridgehead atoms. The molecular weight excluding hydrogens is 661 g/mol. The van der Waals surface area contributed by atoms with Crippen molar-refractivity contribution in [3.63, 3.8) is 0 Å². The van der Waals surface area contributed by atoms with E-state index in [0.717, 1.165) is 47.8 Å². The van der Waals surface area contributed by atoms with Crippen molar-refractivity contribution in [2.75, 3.05) is 50.2 Å². The van der Waals surface area contributed by atoms with Crippen LogP contribution in [0.25, 0.3) is 0 Å². The molecule has 1 saturated heterocycles. The SMILES string of the molecule is CN(Cc1csc(C(=O)Nc2c(OCC(O)CN3CCCC3)cc(Cl)cc2C(=O)Nc2ccc(Cl)cn2)c1Cl)S(C)(=O)=O. The third kappa shape index (κ3) is 9.02. The molecule has 1 aliphatic rings. The number of anilines is 2. The Morgan fingerprint density at radius 3 is 2.51 bits per heavy atom. The fourth-order valence-electron chi connectivity index (χ4n) is 4.31. The molecule has 1 aliphatic heterocycles. The van der Waals surface area contributed by atoms with Crippen molar-refractivity contribution < 1.29 is 27.9 Å². The monoisotopic (exact) mass is 689 g/mol. The van der Waals surface area contributed by atoms with Crippen LogP contribution in [0.4, 0.5) is 11.5 Å². The van der Waals surface area contributed by atoms with Crippen LogP contribution in [-0.2, 0) is 16.6 Å². The van der Waals surface area contributed by atoms with E-state index >= 15 is 0 Å². The van der Waals surface area contributed by atoms with E-state index < -0.39 is 27.9 Å². The summed E-state index contributed by atoms with van der Waals surface area (Å²) in [6.45, 7) is 2.03. The number of pyridine rings is 1. The highest BCUT2D eigenvalue weighted by atomic mass is 35.5. The molecule has 0 radical (unpaired) electrons. The second-order valence-corrected chi connectivity index (χ2v) is 14.2. The predicted molar refractivity (Wildman–Crippen MR) is 169 cm³/mol. The van der Waals surface area contributed by atoms with Crippen LogP contribution in [-0.4, -0.2) is 85.2 Å². The van der Waals surface area contributed by atoms with Crippen LogP contribution in [0.5, 0.6) is 5.75 Å². The first-order valence-electron chi connectivity index (χ1n) is 13.1. The third-order valence-corrected chi connectivity index (χ3v) is 9.86. The van der Waals surface area contributed by atoms with Crippen LogP contribution in [0.1, 0.15) is 38.4 Å². The van der Waals surface area contributed by atoms with E-state index in [1.807, 2.05) is 0 Å². The fraction of sp³-hybridized carbons (Fsp3) is 0.370. The number of nitrogens with one attached hydrogen (secondary N) is 2.